The van der Waals surface area contributed by atoms with Crippen molar-refractivity contribution in [1.82, 2.24) is 4.90 Å². The predicted octanol–water partition coefficient (Wildman–Crippen LogP) is 2.47. The summed E-state index contributed by atoms with van der Waals surface area (Å²) < 4.78 is 11.1. The fraction of sp³-hybridized carbons (Fsp3) is 0.353. The van der Waals surface area contributed by atoms with Gasteiger partial charge in [-0.25, -0.2) is 0 Å². The third-order valence-electron chi connectivity index (χ3n) is 3.70. The summed E-state index contributed by atoms with van der Waals surface area (Å²) in [6, 6.07) is 14.0. The second-order valence-corrected chi connectivity index (χ2v) is 5.21. The lowest BCUT2D eigenvalue weighted by atomic mass is 10.1. The van der Waals surface area contributed by atoms with Crippen molar-refractivity contribution in [2.75, 3.05) is 26.3 Å². The van der Waals surface area contributed by atoms with Crippen molar-refractivity contribution in [3.8, 4) is 5.75 Å². The molecule has 4 heteroatoms. The molecule has 0 bridgehead atoms. The van der Waals surface area contributed by atoms with Crippen LogP contribution in [0.5, 0.6) is 5.75 Å². The van der Waals surface area contributed by atoms with Gasteiger partial charge in [0, 0.05) is 13.1 Å². The molecule has 1 atom stereocenters. The van der Waals surface area contributed by atoms with Crippen molar-refractivity contribution < 1.29 is 14.3 Å². The molecule has 0 unspecified atom stereocenters. The van der Waals surface area contributed by atoms with Crippen LogP contribution in [0, 0.1) is 0 Å². The van der Waals surface area contributed by atoms with Crippen LogP contribution in [0.3, 0.4) is 0 Å². The summed E-state index contributed by atoms with van der Waals surface area (Å²) in [5.74, 6) is 0.745. The smallest absolute Gasteiger partial charge is 0.263 e. The van der Waals surface area contributed by atoms with Crippen LogP contribution in [-0.4, -0.2) is 43.2 Å². The highest BCUT2D eigenvalue weighted by molar-refractivity contribution is 5.84. The molecule has 0 aromatic heterocycles. The van der Waals surface area contributed by atoms with Gasteiger partial charge in [-0.2, -0.15) is 0 Å². The topological polar surface area (TPSA) is 38.8 Å². The van der Waals surface area contributed by atoms with E-state index in [1.54, 1.807) is 11.8 Å². The zero-order chi connectivity index (χ0) is 14.7. The normalized spacial score (nSPS) is 16.7. The van der Waals surface area contributed by atoms with E-state index in [4.69, 9.17) is 9.47 Å². The fourth-order valence-electron chi connectivity index (χ4n) is 2.54. The number of benzene rings is 2. The molecule has 0 aliphatic carbocycles. The Labute approximate surface area is 124 Å². The summed E-state index contributed by atoms with van der Waals surface area (Å²) >= 11 is 0. The summed E-state index contributed by atoms with van der Waals surface area (Å²) in [7, 11) is 0. The first kappa shape index (κ1) is 13.9. The predicted molar refractivity (Wildman–Crippen MR) is 81.4 cm³/mol. The van der Waals surface area contributed by atoms with Crippen molar-refractivity contribution >= 4 is 16.7 Å². The van der Waals surface area contributed by atoms with E-state index >= 15 is 0 Å². The highest BCUT2D eigenvalue weighted by Gasteiger charge is 2.23. The Balaban J connectivity index is 1.70. The number of carbonyl (C=O) groups excluding carboxylic acids is 1. The summed E-state index contributed by atoms with van der Waals surface area (Å²) in [5.41, 5.74) is 0. The van der Waals surface area contributed by atoms with Crippen LogP contribution < -0.4 is 4.74 Å². The summed E-state index contributed by atoms with van der Waals surface area (Å²) in [6.07, 6.45) is -0.482. The van der Waals surface area contributed by atoms with Gasteiger partial charge in [0.25, 0.3) is 5.91 Å². The molecule has 1 saturated heterocycles. The molecule has 21 heavy (non-hydrogen) atoms. The lowest BCUT2D eigenvalue weighted by molar-refractivity contribution is -0.142. The highest BCUT2D eigenvalue weighted by atomic mass is 16.5. The number of amides is 1. The van der Waals surface area contributed by atoms with Crippen LogP contribution in [0.4, 0.5) is 0 Å². The van der Waals surface area contributed by atoms with E-state index in [1.165, 1.54) is 0 Å². The zero-order valence-corrected chi connectivity index (χ0v) is 12.1. The fourth-order valence-corrected chi connectivity index (χ4v) is 2.54. The minimum atomic E-state index is -0.482. The zero-order valence-electron chi connectivity index (χ0n) is 12.1. The maximum Gasteiger partial charge on any atom is 0.263 e. The Morgan fingerprint density at radius 1 is 1.14 bits per heavy atom. The van der Waals surface area contributed by atoms with E-state index in [2.05, 4.69) is 6.07 Å². The number of fused-ring (bicyclic) bond motifs is 1. The second kappa shape index (κ2) is 6.14. The first-order chi connectivity index (χ1) is 10.2. The van der Waals surface area contributed by atoms with Gasteiger partial charge in [0.05, 0.1) is 13.2 Å². The molecule has 1 aliphatic rings. The van der Waals surface area contributed by atoms with Crippen molar-refractivity contribution in [1.29, 1.82) is 0 Å². The molecule has 1 amide bonds. The standard InChI is InChI=1S/C17H19NO3/c1-13(17(19)18-8-10-20-11-9-18)21-16-7-6-14-4-2-3-5-15(14)12-16/h2-7,12-13H,8-11H2,1H3/t13-/m0/s1. The lowest BCUT2D eigenvalue weighted by Crippen LogP contribution is -2.46. The molecule has 3 rings (SSSR count). The molecule has 0 spiro atoms. The lowest BCUT2D eigenvalue weighted by Gasteiger charge is -2.29. The first-order valence-electron chi connectivity index (χ1n) is 7.26. The molecule has 1 aliphatic heterocycles. The van der Waals surface area contributed by atoms with E-state index in [-0.39, 0.29) is 5.91 Å². The molecule has 0 saturated carbocycles. The van der Waals surface area contributed by atoms with Crippen LogP contribution in [0.1, 0.15) is 6.92 Å². The van der Waals surface area contributed by atoms with Gasteiger partial charge in [-0.15, -0.1) is 0 Å². The Kier molecular flexibility index (Phi) is 4.06. The van der Waals surface area contributed by atoms with E-state index in [1.807, 2.05) is 36.4 Å². The van der Waals surface area contributed by atoms with Crippen molar-refractivity contribution in [3.05, 3.63) is 42.5 Å². The molecule has 1 heterocycles. The van der Waals surface area contributed by atoms with Crippen LogP contribution in [0.15, 0.2) is 42.5 Å². The van der Waals surface area contributed by atoms with Gasteiger partial charge in [-0.3, -0.25) is 4.79 Å². The summed E-state index contributed by atoms with van der Waals surface area (Å²) in [6.45, 7) is 4.30. The number of morpholine rings is 1. The monoisotopic (exact) mass is 285 g/mol. The van der Waals surface area contributed by atoms with Gasteiger partial charge in [0.1, 0.15) is 5.75 Å². The van der Waals surface area contributed by atoms with Gasteiger partial charge in [-0.1, -0.05) is 30.3 Å². The molecule has 0 radical (unpaired) electrons. The van der Waals surface area contributed by atoms with Crippen LogP contribution in [0.25, 0.3) is 10.8 Å². The van der Waals surface area contributed by atoms with Crippen LogP contribution in [0.2, 0.25) is 0 Å². The number of hydrogen-bond acceptors (Lipinski definition) is 3. The number of carbonyl (C=O) groups is 1. The molecule has 0 N–H and O–H groups in total. The molecule has 110 valence electrons. The average Bonchev–Trinajstić information content (AvgIpc) is 2.55. The van der Waals surface area contributed by atoms with E-state index < -0.39 is 6.10 Å². The Hall–Kier alpha value is -2.07. The Morgan fingerprint density at radius 3 is 2.62 bits per heavy atom. The summed E-state index contributed by atoms with van der Waals surface area (Å²) in [4.78, 5) is 14.1. The van der Waals surface area contributed by atoms with Gasteiger partial charge >= 0.3 is 0 Å². The first-order valence-corrected chi connectivity index (χ1v) is 7.26. The summed E-state index contributed by atoms with van der Waals surface area (Å²) in [5, 5.41) is 2.28. The molecular weight excluding hydrogens is 266 g/mol. The minimum absolute atomic E-state index is 0.0199. The van der Waals surface area contributed by atoms with E-state index in [0.717, 1.165) is 16.5 Å². The molecule has 2 aromatic carbocycles. The van der Waals surface area contributed by atoms with Crippen molar-refractivity contribution in [2.24, 2.45) is 0 Å². The van der Waals surface area contributed by atoms with Gasteiger partial charge < -0.3 is 14.4 Å². The maximum atomic E-state index is 12.3. The molecule has 2 aromatic rings. The van der Waals surface area contributed by atoms with E-state index in [0.29, 0.717) is 26.3 Å². The van der Waals surface area contributed by atoms with E-state index in [9.17, 15) is 4.79 Å². The SMILES string of the molecule is C[C@H](Oc1ccc2ccccc2c1)C(=O)N1CCOCC1. The third kappa shape index (κ3) is 3.16. The van der Waals surface area contributed by atoms with Crippen molar-refractivity contribution in [2.45, 2.75) is 13.0 Å². The second-order valence-electron chi connectivity index (χ2n) is 5.21. The molecule has 1 fully saturated rings. The average molecular weight is 285 g/mol. The quantitative estimate of drug-likeness (QED) is 0.869. The number of hydrogen-bond donors (Lipinski definition) is 0. The van der Waals surface area contributed by atoms with Gasteiger partial charge in [0.15, 0.2) is 6.10 Å². The molecule has 4 nitrogen and oxygen atoms in total. The third-order valence-corrected chi connectivity index (χ3v) is 3.70. The van der Waals surface area contributed by atoms with Gasteiger partial charge in [-0.05, 0) is 29.8 Å². The Morgan fingerprint density at radius 2 is 1.86 bits per heavy atom. The van der Waals surface area contributed by atoms with Crippen LogP contribution >= 0.6 is 0 Å². The number of nitrogens with zero attached hydrogens (tertiary/aromatic N) is 1. The highest BCUT2D eigenvalue weighted by Crippen LogP contribution is 2.21. The largest absolute Gasteiger partial charge is 0.481 e. The van der Waals surface area contributed by atoms with Crippen LogP contribution in [-0.2, 0) is 9.53 Å². The Bertz CT molecular complexity index is 635. The number of rotatable bonds is 3. The van der Waals surface area contributed by atoms with Gasteiger partial charge in [0.2, 0.25) is 0 Å². The maximum absolute atomic E-state index is 12.3. The number of ether oxygens (including phenoxy) is 2. The molecular formula is C17H19NO3. The minimum Gasteiger partial charge on any atom is -0.481 e. The van der Waals surface area contributed by atoms with Crippen molar-refractivity contribution in [3.63, 3.8) is 0 Å².